The molecule has 0 fully saturated rings. The van der Waals surface area contributed by atoms with Gasteiger partial charge in [-0.1, -0.05) is 53.5 Å². The molecular weight excluding hydrogens is 355 g/mol. The number of aryl methyl sites for hydroxylation is 1. The molecule has 0 unspecified atom stereocenters. The summed E-state index contributed by atoms with van der Waals surface area (Å²) in [6, 6.07) is 16.8. The number of halogens is 2. The lowest BCUT2D eigenvalue weighted by atomic mass is 9.86. The summed E-state index contributed by atoms with van der Waals surface area (Å²) in [5.41, 5.74) is 3.39. The number of furan rings is 1. The van der Waals surface area contributed by atoms with Gasteiger partial charge in [-0.15, -0.1) is 0 Å². The van der Waals surface area contributed by atoms with Crippen LogP contribution in [0.4, 0.5) is 0 Å². The Morgan fingerprint density at radius 2 is 1.68 bits per heavy atom. The van der Waals surface area contributed by atoms with Crippen molar-refractivity contribution in [2.45, 2.75) is 12.8 Å². The summed E-state index contributed by atoms with van der Waals surface area (Å²) in [6.07, 6.45) is 3.39. The predicted octanol–water partition coefficient (Wildman–Crippen LogP) is 6.47. The van der Waals surface area contributed by atoms with E-state index in [9.17, 15) is 4.79 Å². The number of benzene rings is 2. The highest BCUT2D eigenvalue weighted by Crippen LogP contribution is 2.35. The van der Waals surface area contributed by atoms with Gasteiger partial charge in [-0.3, -0.25) is 4.79 Å². The molecule has 1 aromatic heterocycles. The Bertz CT molecular complexity index is 999. The van der Waals surface area contributed by atoms with E-state index in [1.54, 1.807) is 6.07 Å². The van der Waals surface area contributed by atoms with Crippen molar-refractivity contribution in [3.05, 3.63) is 87.1 Å². The van der Waals surface area contributed by atoms with Gasteiger partial charge in [0.2, 0.25) is 0 Å². The zero-order valence-electron chi connectivity index (χ0n) is 13.3. The van der Waals surface area contributed by atoms with Crippen molar-refractivity contribution in [1.82, 2.24) is 0 Å². The second-order valence-electron chi connectivity index (χ2n) is 5.96. The second-order valence-corrected chi connectivity index (χ2v) is 6.74. The fourth-order valence-corrected chi connectivity index (χ4v) is 3.49. The summed E-state index contributed by atoms with van der Waals surface area (Å²) in [5.74, 6) is 1.33. The molecule has 25 heavy (non-hydrogen) atoms. The minimum absolute atomic E-state index is 0.0700. The van der Waals surface area contributed by atoms with Crippen LogP contribution >= 0.6 is 23.2 Å². The van der Waals surface area contributed by atoms with Crippen LogP contribution in [0, 0.1) is 0 Å². The summed E-state index contributed by atoms with van der Waals surface area (Å²) in [6.45, 7) is 0. The summed E-state index contributed by atoms with van der Waals surface area (Å²) in [7, 11) is 0. The van der Waals surface area contributed by atoms with E-state index in [1.807, 2.05) is 54.6 Å². The molecule has 124 valence electrons. The Morgan fingerprint density at radius 3 is 2.56 bits per heavy atom. The van der Waals surface area contributed by atoms with Crippen LogP contribution in [0.3, 0.4) is 0 Å². The highest BCUT2D eigenvalue weighted by Gasteiger charge is 2.21. The monoisotopic (exact) mass is 368 g/mol. The van der Waals surface area contributed by atoms with Crippen LogP contribution in [0.2, 0.25) is 10.0 Å². The third-order valence-corrected chi connectivity index (χ3v) is 5.20. The lowest BCUT2D eigenvalue weighted by Crippen LogP contribution is -2.13. The van der Waals surface area contributed by atoms with E-state index >= 15 is 0 Å². The largest absolute Gasteiger partial charge is 0.457 e. The van der Waals surface area contributed by atoms with E-state index in [0.717, 1.165) is 28.7 Å². The van der Waals surface area contributed by atoms with E-state index in [2.05, 4.69) is 0 Å². The Balaban J connectivity index is 1.67. The third kappa shape index (κ3) is 3.04. The van der Waals surface area contributed by atoms with Crippen LogP contribution in [-0.4, -0.2) is 5.78 Å². The first-order valence-corrected chi connectivity index (χ1v) is 8.76. The van der Waals surface area contributed by atoms with Gasteiger partial charge in [-0.05, 0) is 48.7 Å². The van der Waals surface area contributed by atoms with Crippen LogP contribution in [0.25, 0.3) is 17.4 Å². The number of hydrogen-bond acceptors (Lipinski definition) is 2. The number of carbonyl (C=O) groups is 1. The van der Waals surface area contributed by atoms with Crippen molar-refractivity contribution >= 4 is 35.1 Å². The summed E-state index contributed by atoms with van der Waals surface area (Å²) >= 11 is 12.3. The lowest BCUT2D eigenvalue weighted by molar-refractivity contribution is 0.102. The molecule has 0 aliphatic heterocycles. The first-order chi connectivity index (χ1) is 12.1. The zero-order chi connectivity index (χ0) is 17.4. The third-order valence-electron chi connectivity index (χ3n) is 4.38. The highest BCUT2D eigenvalue weighted by atomic mass is 35.5. The Morgan fingerprint density at radius 1 is 0.880 bits per heavy atom. The van der Waals surface area contributed by atoms with Gasteiger partial charge in [0.25, 0.3) is 0 Å². The average molecular weight is 369 g/mol. The van der Waals surface area contributed by atoms with Crippen LogP contribution in [0.5, 0.6) is 0 Å². The zero-order valence-corrected chi connectivity index (χ0v) is 14.8. The Kier molecular flexibility index (Phi) is 4.24. The van der Waals surface area contributed by atoms with E-state index in [4.69, 9.17) is 27.6 Å². The van der Waals surface area contributed by atoms with Crippen molar-refractivity contribution in [1.29, 1.82) is 0 Å². The van der Waals surface area contributed by atoms with Crippen LogP contribution in [0.1, 0.15) is 28.1 Å². The number of rotatable bonds is 2. The number of Topliss-reactive ketones (excluding diaryl/α,β-unsaturated/α-hetero) is 1. The normalized spacial score (nSPS) is 15.4. The summed E-state index contributed by atoms with van der Waals surface area (Å²) in [4.78, 5) is 12.6. The fraction of sp³-hybridized carbons (Fsp3) is 0.0952. The van der Waals surface area contributed by atoms with Crippen LogP contribution < -0.4 is 0 Å². The molecule has 2 nitrogen and oxygen atoms in total. The van der Waals surface area contributed by atoms with Gasteiger partial charge < -0.3 is 4.42 Å². The fourth-order valence-electron chi connectivity index (χ4n) is 3.09. The molecule has 3 aromatic rings. The molecule has 1 aliphatic carbocycles. The van der Waals surface area contributed by atoms with Gasteiger partial charge in [-0.2, -0.15) is 0 Å². The van der Waals surface area contributed by atoms with Gasteiger partial charge in [-0.25, -0.2) is 0 Å². The van der Waals surface area contributed by atoms with Gasteiger partial charge in [0, 0.05) is 16.7 Å². The standard InChI is InChI=1S/C21H14Cl2O2/c22-18-7-3-6-17(20(18)23)19-11-10-15(25-19)12-14-9-8-13-4-1-2-5-16(13)21(14)24/h1-7,10-12H,8-9H2. The smallest absolute Gasteiger partial charge is 0.189 e. The summed E-state index contributed by atoms with van der Waals surface area (Å²) in [5, 5.41) is 0.940. The van der Waals surface area contributed by atoms with E-state index in [0.29, 0.717) is 28.0 Å². The van der Waals surface area contributed by atoms with Crippen molar-refractivity contribution in [3.63, 3.8) is 0 Å². The molecule has 1 heterocycles. The van der Waals surface area contributed by atoms with Gasteiger partial charge in [0.05, 0.1) is 10.0 Å². The Labute approximate surface area is 155 Å². The molecular formula is C21H14Cl2O2. The molecule has 1 aliphatic rings. The molecule has 0 radical (unpaired) electrons. The first-order valence-electron chi connectivity index (χ1n) is 8.01. The molecule has 2 aromatic carbocycles. The number of fused-ring (bicyclic) bond motifs is 1. The quantitative estimate of drug-likeness (QED) is 0.485. The minimum Gasteiger partial charge on any atom is -0.457 e. The number of hydrogen-bond donors (Lipinski definition) is 0. The highest BCUT2D eigenvalue weighted by molar-refractivity contribution is 6.43. The van der Waals surface area contributed by atoms with Gasteiger partial charge in [0.15, 0.2) is 5.78 Å². The molecule has 4 heteroatoms. The Hall–Kier alpha value is -2.29. The van der Waals surface area contributed by atoms with Gasteiger partial charge in [0.1, 0.15) is 11.5 Å². The topological polar surface area (TPSA) is 30.2 Å². The molecule has 0 saturated heterocycles. The van der Waals surface area contributed by atoms with Crippen LogP contribution in [-0.2, 0) is 6.42 Å². The molecule has 0 bridgehead atoms. The second kappa shape index (κ2) is 6.55. The van der Waals surface area contributed by atoms with E-state index in [1.165, 1.54) is 0 Å². The molecule has 0 atom stereocenters. The number of allylic oxidation sites excluding steroid dienone is 1. The molecule has 4 rings (SSSR count). The maximum Gasteiger partial charge on any atom is 0.189 e. The van der Waals surface area contributed by atoms with Crippen LogP contribution in [0.15, 0.2) is 64.6 Å². The maximum atomic E-state index is 12.6. The summed E-state index contributed by atoms with van der Waals surface area (Å²) < 4.78 is 5.87. The lowest BCUT2D eigenvalue weighted by Gasteiger charge is -2.16. The first kappa shape index (κ1) is 16.2. The van der Waals surface area contributed by atoms with Crippen molar-refractivity contribution in [2.75, 3.05) is 0 Å². The molecule has 0 amide bonds. The molecule has 0 spiro atoms. The van der Waals surface area contributed by atoms with E-state index < -0.39 is 0 Å². The van der Waals surface area contributed by atoms with Gasteiger partial charge >= 0.3 is 0 Å². The molecule has 0 saturated carbocycles. The number of ketones is 1. The van der Waals surface area contributed by atoms with Crippen molar-refractivity contribution in [2.24, 2.45) is 0 Å². The average Bonchev–Trinajstić information content (AvgIpc) is 3.08. The van der Waals surface area contributed by atoms with Crippen molar-refractivity contribution in [3.8, 4) is 11.3 Å². The maximum absolute atomic E-state index is 12.6. The minimum atomic E-state index is 0.0700. The van der Waals surface area contributed by atoms with E-state index in [-0.39, 0.29) is 5.78 Å². The predicted molar refractivity (Wildman–Crippen MR) is 101 cm³/mol. The number of carbonyl (C=O) groups excluding carboxylic acids is 1. The SMILES string of the molecule is O=C1C(=Cc2ccc(-c3cccc(Cl)c3Cl)o2)CCc2ccccc21. The van der Waals surface area contributed by atoms with Crippen molar-refractivity contribution < 1.29 is 9.21 Å². The molecule has 0 N–H and O–H groups in total.